The summed E-state index contributed by atoms with van der Waals surface area (Å²) in [7, 11) is -1.96. The SMILES string of the molecule is Cn1nccc1S(=O)(=O)NCc1ccc(N)cc1. The van der Waals surface area contributed by atoms with Crippen molar-refractivity contribution < 1.29 is 8.42 Å². The van der Waals surface area contributed by atoms with Crippen LogP contribution in [0.15, 0.2) is 41.6 Å². The van der Waals surface area contributed by atoms with Crippen LogP contribution in [0, 0.1) is 0 Å². The molecule has 0 aliphatic heterocycles. The maximum atomic E-state index is 12.0. The lowest BCUT2D eigenvalue weighted by Gasteiger charge is -2.07. The number of aryl methyl sites for hydroxylation is 1. The molecule has 0 radical (unpaired) electrons. The second-order valence-corrected chi connectivity index (χ2v) is 5.57. The van der Waals surface area contributed by atoms with Crippen LogP contribution in [0.25, 0.3) is 0 Å². The molecule has 18 heavy (non-hydrogen) atoms. The van der Waals surface area contributed by atoms with Gasteiger partial charge >= 0.3 is 0 Å². The Labute approximate surface area is 105 Å². The molecule has 1 heterocycles. The van der Waals surface area contributed by atoms with E-state index in [2.05, 4.69) is 9.82 Å². The lowest BCUT2D eigenvalue weighted by molar-refractivity contribution is 0.563. The molecule has 0 unspecified atom stereocenters. The quantitative estimate of drug-likeness (QED) is 0.788. The highest BCUT2D eigenvalue weighted by Crippen LogP contribution is 2.09. The fourth-order valence-electron chi connectivity index (χ4n) is 1.51. The van der Waals surface area contributed by atoms with Crippen LogP contribution in [0.4, 0.5) is 5.69 Å². The van der Waals surface area contributed by atoms with Gasteiger partial charge in [-0.3, -0.25) is 4.68 Å². The number of nitrogen functional groups attached to an aromatic ring is 1. The van der Waals surface area contributed by atoms with Gasteiger partial charge in [0.25, 0.3) is 10.0 Å². The molecule has 0 aliphatic rings. The molecule has 0 spiro atoms. The van der Waals surface area contributed by atoms with Crippen molar-refractivity contribution in [2.75, 3.05) is 5.73 Å². The monoisotopic (exact) mass is 266 g/mol. The first-order valence-electron chi connectivity index (χ1n) is 5.31. The summed E-state index contributed by atoms with van der Waals surface area (Å²) in [5, 5.41) is 3.97. The minimum absolute atomic E-state index is 0.137. The summed E-state index contributed by atoms with van der Waals surface area (Å²) in [6.07, 6.45) is 1.44. The number of rotatable bonds is 4. The first kappa shape index (κ1) is 12.6. The number of hydrogen-bond acceptors (Lipinski definition) is 4. The maximum absolute atomic E-state index is 12.0. The molecular formula is C11H14N4O2S. The molecule has 6 nitrogen and oxygen atoms in total. The highest BCUT2D eigenvalue weighted by Gasteiger charge is 2.17. The molecule has 0 amide bonds. The molecular weight excluding hydrogens is 252 g/mol. The molecule has 96 valence electrons. The standard InChI is InChI=1S/C11H14N4O2S/c1-15-11(6-7-13-15)18(16,17)14-8-9-2-4-10(12)5-3-9/h2-7,14H,8,12H2,1H3. The van der Waals surface area contributed by atoms with E-state index in [0.717, 1.165) is 5.56 Å². The minimum Gasteiger partial charge on any atom is -0.399 e. The summed E-state index contributed by atoms with van der Waals surface area (Å²) < 4.78 is 27.7. The third kappa shape index (κ3) is 2.69. The average Bonchev–Trinajstić information content (AvgIpc) is 2.76. The number of nitrogens with two attached hydrogens (primary N) is 1. The van der Waals surface area contributed by atoms with Crippen LogP contribution in [-0.2, 0) is 23.6 Å². The van der Waals surface area contributed by atoms with Crippen molar-refractivity contribution in [3.05, 3.63) is 42.1 Å². The second kappa shape index (κ2) is 4.79. The third-order valence-corrected chi connectivity index (χ3v) is 3.97. The van der Waals surface area contributed by atoms with Gasteiger partial charge in [-0.2, -0.15) is 5.10 Å². The lowest BCUT2D eigenvalue weighted by atomic mass is 10.2. The fraction of sp³-hybridized carbons (Fsp3) is 0.182. The predicted octanol–water partition coefficient (Wildman–Crippen LogP) is 0.481. The van der Waals surface area contributed by atoms with E-state index in [1.807, 2.05) is 0 Å². The Morgan fingerprint density at radius 2 is 1.94 bits per heavy atom. The zero-order chi connectivity index (χ0) is 13.2. The summed E-state index contributed by atoms with van der Waals surface area (Å²) in [5.41, 5.74) is 7.04. The van der Waals surface area contributed by atoms with Crippen LogP contribution in [0.2, 0.25) is 0 Å². The van der Waals surface area contributed by atoms with Gasteiger partial charge in [-0.05, 0) is 23.8 Å². The number of hydrogen-bond donors (Lipinski definition) is 2. The average molecular weight is 266 g/mol. The molecule has 0 atom stereocenters. The highest BCUT2D eigenvalue weighted by molar-refractivity contribution is 7.89. The van der Waals surface area contributed by atoms with E-state index in [-0.39, 0.29) is 11.6 Å². The Morgan fingerprint density at radius 1 is 1.28 bits per heavy atom. The van der Waals surface area contributed by atoms with Crippen molar-refractivity contribution >= 4 is 15.7 Å². The van der Waals surface area contributed by atoms with Crippen molar-refractivity contribution in [3.63, 3.8) is 0 Å². The van der Waals surface area contributed by atoms with E-state index in [1.165, 1.54) is 16.9 Å². The summed E-state index contributed by atoms with van der Waals surface area (Å²) in [6.45, 7) is 0.216. The van der Waals surface area contributed by atoms with Crippen LogP contribution < -0.4 is 10.5 Å². The molecule has 0 saturated carbocycles. The summed E-state index contributed by atoms with van der Waals surface area (Å²) in [6, 6.07) is 8.47. The Balaban J connectivity index is 2.11. The molecule has 7 heteroatoms. The minimum atomic E-state index is -3.54. The van der Waals surface area contributed by atoms with Crippen LogP contribution in [-0.4, -0.2) is 18.2 Å². The van der Waals surface area contributed by atoms with Crippen molar-refractivity contribution in [3.8, 4) is 0 Å². The molecule has 2 aromatic rings. The largest absolute Gasteiger partial charge is 0.399 e. The normalized spacial score (nSPS) is 11.6. The predicted molar refractivity (Wildman–Crippen MR) is 68.1 cm³/mol. The zero-order valence-electron chi connectivity index (χ0n) is 9.87. The molecule has 1 aromatic heterocycles. The Morgan fingerprint density at radius 3 is 2.50 bits per heavy atom. The smallest absolute Gasteiger partial charge is 0.258 e. The Kier molecular flexibility index (Phi) is 3.35. The summed E-state index contributed by atoms with van der Waals surface area (Å²) in [4.78, 5) is 0. The van der Waals surface area contributed by atoms with Crippen molar-refractivity contribution in [1.29, 1.82) is 0 Å². The third-order valence-electron chi connectivity index (χ3n) is 2.50. The molecule has 0 fully saturated rings. The second-order valence-electron chi connectivity index (χ2n) is 3.86. The number of nitrogens with zero attached hydrogens (tertiary/aromatic N) is 2. The van der Waals surface area contributed by atoms with Gasteiger partial charge in [0.15, 0.2) is 5.03 Å². The Bertz CT molecular complexity index is 631. The number of sulfonamides is 1. The van der Waals surface area contributed by atoms with Gasteiger partial charge in [0, 0.05) is 19.3 Å². The Hall–Kier alpha value is -1.86. The van der Waals surface area contributed by atoms with Crippen LogP contribution in [0.5, 0.6) is 0 Å². The van der Waals surface area contributed by atoms with Gasteiger partial charge in [-0.25, -0.2) is 13.1 Å². The van der Waals surface area contributed by atoms with Gasteiger partial charge in [-0.15, -0.1) is 0 Å². The zero-order valence-corrected chi connectivity index (χ0v) is 10.7. The fourth-order valence-corrected chi connectivity index (χ4v) is 2.65. The first-order chi connectivity index (χ1) is 8.49. The molecule has 0 aliphatic carbocycles. The highest BCUT2D eigenvalue weighted by atomic mass is 32.2. The molecule has 1 aromatic carbocycles. The number of aromatic nitrogens is 2. The van der Waals surface area contributed by atoms with Gasteiger partial charge in [-0.1, -0.05) is 12.1 Å². The number of anilines is 1. The van der Waals surface area contributed by atoms with E-state index < -0.39 is 10.0 Å². The van der Waals surface area contributed by atoms with E-state index in [0.29, 0.717) is 5.69 Å². The van der Waals surface area contributed by atoms with Crippen LogP contribution >= 0.6 is 0 Å². The van der Waals surface area contributed by atoms with Gasteiger partial charge in [0.1, 0.15) is 0 Å². The van der Waals surface area contributed by atoms with Crippen molar-refractivity contribution in [2.24, 2.45) is 7.05 Å². The number of nitrogens with one attached hydrogen (secondary N) is 1. The van der Waals surface area contributed by atoms with E-state index in [9.17, 15) is 8.42 Å². The molecule has 0 saturated heterocycles. The summed E-state index contributed by atoms with van der Waals surface area (Å²) in [5.74, 6) is 0. The summed E-state index contributed by atoms with van der Waals surface area (Å²) >= 11 is 0. The van der Waals surface area contributed by atoms with Crippen LogP contribution in [0.1, 0.15) is 5.56 Å². The molecule has 0 bridgehead atoms. The van der Waals surface area contributed by atoms with Gasteiger partial charge < -0.3 is 5.73 Å². The van der Waals surface area contributed by atoms with Gasteiger partial charge in [0.05, 0.1) is 6.20 Å². The van der Waals surface area contributed by atoms with E-state index in [1.54, 1.807) is 31.3 Å². The van der Waals surface area contributed by atoms with Gasteiger partial charge in [0.2, 0.25) is 0 Å². The van der Waals surface area contributed by atoms with E-state index in [4.69, 9.17) is 5.73 Å². The van der Waals surface area contributed by atoms with Crippen molar-refractivity contribution in [1.82, 2.24) is 14.5 Å². The van der Waals surface area contributed by atoms with Crippen LogP contribution in [0.3, 0.4) is 0 Å². The molecule has 2 rings (SSSR count). The van der Waals surface area contributed by atoms with Crippen molar-refractivity contribution in [2.45, 2.75) is 11.6 Å². The maximum Gasteiger partial charge on any atom is 0.258 e. The lowest BCUT2D eigenvalue weighted by Crippen LogP contribution is -2.25. The van der Waals surface area contributed by atoms with E-state index >= 15 is 0 Å². The first-order valence-corrected chi connectivity index (χ1v) is 6.79. The topological polar surface area (TPSA) is 90.0 Å². The number of benzene rings is 1. The molecule has 3 N–H and O–H groups in total.